The smallest absolute Gasteiger partial charge is 0.309 e. The van der Waals surface area contributed by atoms with Gasteiger partial charge < -0.3 is 4.74 Å². The van der Waals surface area contributed by atoms with Crippen LogP contribution in [0, 0.1) is 28.6 Å². The fourth-order valence-electron chi connectivity index (χ4n) is 4.82. The van der Waals surface area contributed by atoms with Crippen LogP contribution < -0.4 is 0 Å². The number of nitrogens with zero attached hydrogens (tertiary/aromatic N) is 1. The summed E-state index contributed by atoms with van der Waals surface area (Å²) in [6.07, 6.45) is 16.6. The van der Waals surface area contributed by atoms with Gasteiger partial charge in [0.05, 0.1) is 17.4 Å². The second kappa shape index (κ2) is 11.0. The summed E-state index contributed by atoms with van der Waals surface area (Å²) in [5.41, 5.74) is -0.157. The highest BCUT2D eigenvalue weighted by Gasteiger charge is 2.37. The van der Waals surface area contributed by atoms with Crippen molar-refractivity contribution in [1.82, 2.24) is 0 Å². The predicted molar refractivity (Wildman–Crippen MR) is 106 cm³/mol. The monoisotopic (exact) mass is 361 g/mol. The Morgan fingerprint density at radius 3 is 2.23 bits per heavy atom. The molecule has 0 heterocycles. The minimum absolute atomic E-state index is 0.0417. The molecule has 0 amide bonds. The van der Waals surface area contributed by atoms with Crippen LogP contribution in [0.3, 0.4) is 0 Å². The quantitative estimate of drug-likeness (QED) is 0.345. The van der Waals surface area contributed by atoms with E-state index in [1.54, 1.807) is 0 Å². The molecule has 3 heteroatoms. The first-order chi connectivity index (χ1) is 12.6. The Kier molecular flexibility index (Phi) is 8.96. The molecule has 0 spiro atoms. The van der Waals surface area contributed by atoms with Crippen LogP contribution in [0.1, 0.15) is 110 Å². The minimum atomic E-state index is -0.157. The lowest BCUT2D eigenvalue weighted by molar-refractivity contribution is -0.158. The summed E-state index contributed by atoms with van der Waals surface area (Å²) >= 11 is 0. The van der Waals surface area contributed by atoms with Crippen molar-refractivity contribution in [3.05, 3.63) is 0 Å². The van der Waals surface area contributed by atoms with Crippen LogP contribution in [-0.2, 0) is 9.53 Å². The maximum atomic E-state index is 12.5. The molecule has 0 atom stereocenters. The molecule has 0 unspecified atom stereocenters. The zero-order chi connectivity index (χ0) is 18.8. The lowest BCUT2D eigenvalue weighted by atomic mass is 9.71. The molecule has 0 bridgehead atoms. The first-order valence-electron chi connectivity index (χ1n) is 11.2. The number of carbonyl (C=O) groups excluding carboxylic acids is 1. The first kappa shape index (κ1) is 21.3. The van der Waals surface area contributed by atoms with Crippen molar-refractivity contribution in [2.45, 2.75) is 116 Å². The van der Waals surface area contributed by atoms with Crippen LogP contribution in [-0.4, -0.2) is 12.1 Å². The molecule has 2 rings (SSSR count). The van der Waals surface area contributed by atoms with Gasteiger partial charge in [-0.25, -0.2) is 0 Å². The van der Waals surface area contributed by atoms with E-state index in [4.69, 9.17) is 4.74 Å². The van der Waals surface area contributed by atoms with E-state index in [0.29, 0.717) is 0 Å². The molecule has 3 nitrogen and oxygen atoms in total. The maximum Gasteiger partial charge on any atom is 0.309 e. The number of rotatable bonds is 9. The summed E-state index contributed by atoms with van der Waals surface area (Å²) in [6, 6.07) is 2.57. The van der Waals surface area contributed by atoms with Crippen molar-refractivity contribution in [2.75, 3.05) is 0 Å². The lowest BCUT2D eigenvalue weighted by Gasteiger charge is -2.35. The average molecular weight is 362 g/mol. The number of esters is 1. The molecule has 2 fully saturated rings. The first-order valence-corrected chi connectivity index (χ1v) is 11.2. The van der Waals surface area contributed by atoms with Gasteiger partial charge >= 0.3 is 5.97 Å². The normalized spacial score (nSPS) is 32.0. The van der Waals surface area contributed by atoms with Gasteiger partial charge in [-0.3, -0.25) is 4.79 Å². The van der Waals surface area contributed by atoms with E-state index in [1.165, 1.54) is 38.5 Å². The molecular formula is C23H39NO2. The molecule has 0 aromatic carbocycles. The number of hydrogen-bond donors (Lipinski definition) is 0. The summed E-state index contributed by atoms with van der Waals surface area (Å²) in [5.74, 6) is 0.996. The maximum absolute atomic E-state index is 12.5. The summed E-state index contributed by atoms with van der Waals surface area (Å²) in [7, 11) is 0. The van der Waals surface area contributed by atoms with E-state index in [-0.39, 0.29) is 23.4 Å². The van der Waals surface area contributed by atoms with Gasteiger partial charge in [-0.1, -0.05) is 52.4 Å². The molecule has 148 valence electrons. The van der Waals surface area contributed by atoms with Gasteiger partial charge in [0.15, 0.2) is 0 Å². The van der Waals surface area contributed by atoms with Crippen LogP contribution in [0.15, 0.2) is 0 Å². The van der Waals surface area contributed by atoms with Crippen molar-refractivity contribution in [2.24, 2.45) is 17.3 Å². The summed E-state index contributed by atoms with van der Waals surface area (Å²) in [5, 5.41) is 9.58. The van der Waals surface area contributed by atoms with Crippen LogP contribution in [0.4, 0.5) is 0 Å². The highest BCUT2D eigenvalue weighted by atomic mass is 16.5. The number of nitriles is 1. The molecule has 0 radical (unpaired) electrons. The lowest BCUT2D eigenvalue weighted by Crippen LogP contribution is -2.33. The number of unbranched alkanes of at least 4 members (excludes halogenated alkanes) is 3. The number of carbonyl (C=O) groups is 1. The fourth-order valence-corrected chi connectivity index (χ4v) is 4.82. The Bertz CT molecular complexity index is 451. The Morgan fingerprint density at radius 1 is 1.00 bits per heavy atom. The van der Waals surface area contributed by atoms with Gasteiger partial charge in [0.2, 0.25) is 0 Å². The van der Waals surface area contributed by atoms with Gasteiger partial charge in [0, 0.05) is 0 Å². The third-order valence-corrected chi connectivity index (χ3v) is 6.81. The highest BCUT2D eigenvalue weighted by Crippen LogP contribution is 2.41. The molecule has 2 saturated carbocycles. The van der Waals surface area contributed by atoms with Crippen molar-refractivity contribution in [3.63, 3.8) is 0 Å². The average Bonchev–Trinajstić information content (AvgIpc) is 2.68. The Balaban J connectivity index is 1.69. The highest BCUT2D eigenvalue weighted by molar-refractivity contribution is 5.72. The van der Waals surface area contributed by atoms with E-state index in [2.05, 4.69) is 19.9 Å². The third-order valence-electron chi connectivity index (χ3n) is 6.81. The van der Waals surface area contributed by atoms with Crippen molar-refractivity contribution in [1.29, 1.82) is 5.26 Å². The second-order valence-corrected chi connectivity index (χ2v) is 8.85. The van der Waals surface area contributed by atoms with E-state index >= 15 is 0 Å². The molecule has 26 heavy (non-hydrogen) atoms. The van der Waals surface area contributed by atoms with Gasteiger partial charge in [-0.2, -0.15) is 5.26 Å². The van der Waals surface area contributed by atoms with Crippen molar-refractivity contribution in [3.8, 4) is 6.07 Å². The molecular weight excluding hydrogens is 322 g/mol. The molecule has 2 aliphatic rings. The fraction of sp³-hybridized carbons (Fsp3) is 0.913. The number of hydrogen-bond acceptors (Lipinski definition) is 3. The van der Waals surface area contributed by atoms with Crippen LogP contribution in [0.5, 0.6) is 0 Å². The molecule has 0 N–H and O–H groups in total. The Morgan fingerprint density at radius 2 is 1.65 bits per heavy atom. The number of ether oxygens (including phenoxy) is 1. The second-order valence-electron chi connectivity index (χ2n) is 8.85. The SMILES string of the molecule is CCCCC[C@H]1CC[C@H](C(=O)O[C@H]2CC[C@@](C#N)(CCCC)CC2)CC1. The van der Waals surface area contributed by atoms with E-state index in [0.717, 1.165) is 63.7 Å². The van der Waals surface area contributed by atoms with Gasteiger partial charge in [-0.15, -0.1) is 0 Å². The molecule has 0 saturated heterocycles. The summed E-state index contributed by atoms with van der Waals surface area (Å²) in [6.45, 7) is 4.43. The van der Waals surface area contributed by atoms with E-state index in [1.807, 2.05) is 0 Å². The zero-order valence-electron chi connectivity index (χ0n) is 17.1. The summed E-state index contributed by atoms with van der Waals surface area (Å²) < 4.78 is 5.86. The van der Waals surface area contributed by atoms with E-state index < -0.39 is 0 Å². The largest absolute Gasteiger partial charge is 0.462 e. The van der Waals surface area contributed by atoms with Gasteiger partial charge in [0.25, 0.3) is 0 Å². The Labute approximate surface area is 160 Å². The topological polar surface area (TPSA) is 50.1 Å². The predicted octanol–water partition coefficient (Wildman–Crippen LogP) is 6.56. The zero-order valence-corrected chi connectivity index (χ0v) is 17.1. The molecule has 0 aromatic rings. The summed E-state index contributed by atoms with van der Waals surface area (Å²) in [4.78, 5) is 12.5. The molecule has 2 aliphatic carbocycles. The van der Waals surface area contributed by atoms with Gasteiger partial charge in [-0.05, 0) is 63.7 Å². The molecule has 0 aromatic heterocycles. The Hall–Kier alpha value is -1.04. The van der Waals surface area contributed by atoms with Gasteiger partial charge in [0.1, 0.15) is 6.10 Å². The minimum Gasteiger partial charge on any atom is -0.462 e. The van der Waals surface area contributed by atoms with E-state index in [9.17, 15) is 10.1 Å². The van der Waals surface area contributed by atoms with Crippen LogP contribution >= 0.6 is 0 Å². The van der Waals surface area contributed by atoms with Crippen LogP contribution in [0.25, 0.3) is 0 Å². The van der Waals surface area contributed by atoms with Crippen molar-refractivity contribution < 1.29 is 9.53 Å². The standard InChI is InChI=1S/C23H39NO2/c1-3-5-7-8-19-9-11-20(12-10-19)22(25)26-21-13-16-23(18-24,17-14-21)15-6-4-2/h19-21H,3-17H2,1-2H3/t19-,20-,21-,23-. The van der Waals surface area contributed by atoms with Crippen molar-refractivity contribution >= 4 is 5.97 Å². The molecule has 0 aliphatic heterocycles. The van der Waals surface area contributed by atoms with Crippen LogP contribution in [0.2, 0.25) is 0 Å². The third kappa shape index (κ3) is 6.29.